The van der Waals surface area contributed by atoms with Crippen LogP contribution in [-0.4, -0.2) is 16.9 Å². The van der Waals surface area contributed by atoms with Gasteiger partial charge in [0.15, 0.2) is 0 Å². The number of amides is 3. The fourth-order valence-corrected chi connectivity index (χ4v) is 3.76. The van der Waals surface area contributed by atoms with Gasteiger partial charge in [-0.15, -0.1) is 0 Å². The standard InChI is InChI=1S/C28H22ClF3N6O3/c1-2-26(39)38(33)24-9-4-3-8-23(24)36-25-16-20(12-13-34-25)41-19-10-11-22(21(29)15-19)37-27(40)35-18-7-5-6-17(14-18)28(30,31)32/h2-16H,1,33H2,(H,34,36)(H2,35,37,40). The molecule has 0 aliphatic rings. The first-order chi connectivity index (χ1) is 19.5. The third kappa shape index (κ3) is 7.53. The van der Waals surface area contributed by atoms with Gasteiger partial charge in [0.05, 0.1) is 27.6 Å². The molecule has 5 N–H and O–H groups in total. The van der Waals surface area contributed by atoms with Crippen LogP contribution in [0.25, 0.3) is 0 Å². The molecule has 0 fully saturated rings. The van der Waals surface area contributed by atoms with E-state index in [1.807, 2.05) is 0 Å². The number of rotatable bonds is 8. The van der Waals surface area contributed by atoms with Crippen LogP contribution in [0.1, 0.15) is 5.56 Å². The Kier molecular flexibility index (Phi) is 8.75. The number of hydrogen-bond acceptors (Lipinski definition) is 6. The quantitative estimate of drug-likeness (QED) is 0.0747. The van der Waals surface area contributed by atoms with Crippen LogP contribution >= 0.6 is 11.6 Å². The lowest BCUT2D eigenvalue weighted by Gasteiger charge is -2.19. The van der Waals surface area contributed by atoms with E-state index in [1.54, 1.807) is 42.5 Å². The number of urea groups is 1. The topological polar surface area (TPSA) is 122 Å². The van der Waals surface area contributed by atoms with Gasteiger partial charge in [-0.25, -0.2) is 20.6 Å². The molecule has 0 spiro atoms. The largest absolute Gasteiger partial charge is 0.457 e. The minimum atomic E-state index is -4.54. The number of carbonyl (C=O) groups is 2. The van der Waals surface area contributed by atoms with E-state index in [0.717, 1.165) is 23.2 Å². The summed E-state index contributed by atoms with van der Waals surface area (Å²) in [4.78, 5) is 28.6. The smallest absolute Gasteiger partial charge is 0.416 e. The second-order valence-electron chi connectivity index (χ2n) is 8.33. The van der Waals surface area contributed by atoms with Gasteiger partial charge in [-0.1, -0.05) is 36.4 Å². The summed E-state index contributed by atoms with van der Waals surface area (Å²) in [5, 5.41) is 9.00. The van der Waals surface area contributed by atoms with Crippen molar-refractivity contribution >= 4 is 52.1 Å². The maximum Gasteiger partial charge on any atom is 0.416 e. The number of pyridine rings is 1. The van der Waals surface area contributed by atoms with Crippen LogP contribution in [0, 0.1) is 0 Å². The molecular weight excluding hydrogens is 561 g/mol. The summed E-state index contributed by atoms with van der Waals surface area (Å²) in [5.41, 5.74) is 0.189. The van der Waals surface area contributed by atoms with Gasteiger partial charge in [0.2, 0.25) is 0 Å². The van der Waals surface area contributed by atoms with Crippen LogP contribution in [0.3, 0.4) is 0 Å². The molecule has 3 aromatic carbocycles. The molecule has 41 heavy (non-hydrogen) atoms. The Bertz CT molecular complexity index is 1600. The van der Waals surface area contributed by atoms with Crippen molar-refractivity contribution < 1.29 is 27.5 Å². The molecule has 0 radical (unpaired) electrons. The predicted molar refractivity (Wildman–Crippen MR) is 151 cm³/mol. The molecule has 0 bridgehead atoms. The van der Waals surface area contributed by atoms with Gasteiger partial charge in [-0.2, -0.15) is 13.2 Å². The number of para-hydroxylation sites is 2. The Morgan fingerprint density at radius 2 is 1.71 bits per heavy atom. The summed E-state index contributed by atoms with van der Waals surface area (Å²) in [6, 6.07) is 18.0. The number of benzene rings is 3. The average molecular weight is 583 g/mol. The Hall–Kier alpha value is -5.07. The van der Waals surface area contributed by atoms with Crippen molar-refractivity contribution in [2.24, 2.45) is 5.84 Å². The van der Waals surface area contributed by atoms with E-state index in [-0.39, 0.29) is 16.4 Å². The van der Waals surface area contributed by atoms with Crippen molar-refractivity contribution in [1.29, 1.82) is 0 Å². The lowest BCUT2D eigenvalue weighted by atomic mass is 10.2. The number of nitrogens with one attached hydrogen (secondary N) is 3. The molecule has 0 saturated carbocycles. The molecule has 0 aliphatic carbocycles. The highest BCUT2D eigenvalue weighted by Gasteiger charge is 2.30. The molecule has 4 rings (SSSR count). The fourth-order valence-electron chi connectivity index (χ4n) is 3.54. The van der Waals surface area contributed by atoms with Crippen molar-refractivity contribution in [3.05, 3.63) is 108 Å². The molecule has 1 heterocycles. The summed E-state index contributed by atoms with van der Waals surface area (Å²) < 4.78 is 44.6. The molecule has 4 aromatic rings. The maximum atomic E-state index is 12.9. The minimum Gasteiger partial charge on any atom is -0.457 e. The predicted octanol–water partition coefficient (Wildman–Crippen LogP) is 7.33. The van der Waals surface area contributed by atoms with Gasteiger partial charge in [0.1, 0.15) is 17.3 Å². The van der Waals surface area contributed by atoms with Crippen LogP contribution in [0.15, 0.2) is 97.7 Å². The molecule has 0 atom stereocenters. The number of aromatic nitrogens is 1. The van der Waals surface area contributed by atoms with E-state index in [4.69, 9.17) is 22.2 Å². The highest BCUT2D eigenvalue weighted by Crippen LogP contribution is 2.33. The molecule has 3 amide bonds. The van der Waals surface area contributed by atoms with Crippen LogP contribution in [0.2, 0.25) is 5.02 Å². The van der Waals surface area contributed by atoms with Gasteiger partial charge in [-0.3, -0.25) is 4.79 Å². The number of carbonyl (C=O) groups excluding carboxylic acids is 2. The van der Waals surface area contributed by atoms with Crippen molar-refractivity contribution in [1.82, 2.24) is 4.98 Å². The number of ether oxygens (including phenoxy) is 1. The zero-order chi connectivity index (χ0) is 29.6. The molecule has 0 aliphatic heterocycles. The monoisotopic (exact) mass is 582 g/mol. The van der Waals surface area contributed by atoms with E-state index in [1.165, 1.54) is 30.5 Å². The van der Waals surface area contributed by atoms with Crippen LogP contribution in [-0.2, 0) is 11.0 Å². The van der Waals surface area contributed by atoms with E-state index in [2.05, 4.69) is 27.5 Å². The highest BCUT2D eigenvalue weighted by molar-refractivity contribution is 6.34. The highest BCUT2D eigenvalue weighted by atomic mass is 35.5. The molecule has 0 unspecified atom stereocenters. The van der Waals surface area contributed by atoms with E-state index in [9.17, 15) is 22.8 Å². The number of hydrazine groups is 1. The maximum absolute atomic E-state index is 12.9. The zero-order valence-corrected chi connectivity index (χ0v) is 21.8. The Morgan fingerprint density at radius 1 is 0.951 bits per heavy atom. The van der Waals surface area contributed by atoms with E-state index in [0.29, 0.717) is 28.7 Å². The van der Waals surface area contributed by atoms with Gasteiger partial charge >= 0.3 is 12.2 Å². The summed E-state index contributed by atoms with van der Waals surface area (Å²) in [7, 11) is 0. The Labute approximate surface area is 237 Å². The van der Waals surface area contributed by atoms with Crippen LogP contribution in [0.4, 0.5) is 46.5 Å². The third-order valence-electron chi connectivity index (χ3n) is 5.44. The fraction of sp³-hybridized carbons (Fsp3) is 0.0357. The van der Waals surface area contributed by atoms with Crippen molar-refractivity contribution in [3.63, 3.8) is 0 Å². The second kappa shape index (κ2) is 12.4. The summed E-state index contributed by atoms with van der Waals surface area (Å²) in [6.45, 7) is 3.44. The first kappa shape index (κ1) is 28.9. The van der Waals surface area contributed by atoms with E-state index < -0.39 is 23.7 Å². The van der Waals surface area contributed by atoms with Crippen molar-refractivity contribution in [3.8, 4) is 11.5 Å². The van der Waals surface area contributed by atoms with Crippen molar-refractivity contribution in [2.75, 3.05) is 21.0 Å². The average Bonchev–Trinajstić information content (AvgIpc) is 2.94. The van der Waals surface area contributed by atoms with Crippen molar-refractivity contribution in [2.45, 2.75) is 6.18 Å². The van der Waals surface area contributed by atoms with Crippen LogP contribution in [0.5, 0.6) is 11.5 Å². The van der Waals surface area contributed by atoms with Gasteiger partial charge in [0, 0.05) is 24.0 Å². The summed E-state index contributed by atoms with van der Waals surface area (Å²) in [6.07, 6.45) is -1.94. The number of alkyl halides is 3. The molecule has 9 nitrogen and oxygen atoms in total. The first-order valence-electron chi connectivity index (χ1n) is 11.8. The van der Waals surface area contributed by atoms with Gasteiger partial charge in [0.25, 0.3) is 5.91 Å². The van der Waals surface area contributed by atoms with Gasteiger partial charge in [-0.05, 0) is 54.6 Å². The molecule has 13 heteroatoms. The zero-order valence-electron chi connectivity index (χ0n) is 21.1. The van der Waals surface area contributed by atoms with Crippen LogP contribution < -0.4 is 31.5 Å². The number of hydrogen-bond donors (Lipinski definition) is 4. The first-order valence-corrected chi connectivity index (χ1v) is 12.2. The molecule has 0 saturated heterocycles. The number of nitrogens with two attached hydrogens (primary N) is 1. The van der Waals surface area contributed by atoms with Gasteiger partial charge < -0.3 is 20.7 Å². The lowest BCUT2D eigenvalue weighted by molar-refractivity contribution is -0.137. The number of halogens is 4. The molecule has 1 aromatic heterocycles. The summed E-state index contributed by atoms with van der Waals surface area (Å²) in [5.74, 6) is 6.52. The summed E-state index contributed by atoms with van der Waals surface area (Å²) >= 11 is 6.30. The second-order valence-corrected chi connectivity index (χ2v) is 8.74. The third-order valence-corrected chi connectivity index (χ3v) is 5.75. The SMILES string of the molecule is C=CC(=O)N(N)c1ccccc1Nc1cc(Oc2ccc(NC(=O)Nc3cccc(C(F)(F)F)c3)c(Cl)c2)ccn1. The Balaban J connectivity index is 1.42. The Morgan fingerprint density at radius 3 is 2.44 bits per heavy atom. The lowest BCUT2D eigenvalue weighted by Crippen LogP contribution is -2.36. The molecule has 210 valence electrons. The number of anilines is 5. The molecular formula is C28H22ClF3N6O3. The minimum absolute atomic E-state index is 0.0374. The normalized spacial score (nSPS) is 10.9. The van der Waals surface area contributed by atoms with E-state index >= 15 is 0 Å². The number of nitrogens with zero attached hydrogens (tertiary/aromatic N) is 2.